The number of ketones is 1. The van der Waals surface area contributed by atoms with Crippen molar-refractivity contribution in [3.8, 4) is 0 Å². The van der Waals surface area contributed by atoms with E-state index >= 15 is 0 Å². The summed E-state index contributed by atoms with van der Waals surface area (Å²) in [6.45, 7) is 11.0. The van der Waals surface area contributed by atoms with Crippen LogP contribution in [0.1, 0.15) is 78.3 Å². The van der Waals surface area contributed by atoms with Crippen LogP contribution in [0.15, 0.2) is 42.1 Å². The summed E-state index contributed by atoms with van der Waals surface area (Å²) in [7, 11) is 0. The summed E-state index contributed by atoms with van der Waals surface area (Å²) < 4.78 is 11.8. The predicted molar refractivity (Wildman–Crippen MR) is 147 cm³/mol. The highest BCUT2D eigenvalue weighted by Crippen LogP contribution is 2.45. The summed E-state index contributed by atoms with van der Waals surface area (Å²) in [4.78, 5) is 30.9. The number of carbonyl (C=O) groups is 2. The van der Waals surface area contributed by atoms with Crippen molar-refractivity contribution in [1.82, 2.24) is 4.98 Å². The van der Waals surface area contributed by atoms with Crippen molar-refractivity contribution in [2.45, 2.75) is 103 Å². The molecular formula is C30H42ClNO6. The number of aliphatic hydroxyl groups excluding tert-OH is 2. The number of nitrogens with zero attached hydrogens (tertiary/aromatic N) is 1. The average molecular weight is 548 g/mol. The highest BCUT2D eigenvalue weighted by atomic mass is 35.5. The molecule has 2 fully saturated rings. The molecule has 38 heavy (non-hydrogen) atoms. The normalized spacial score (nSPS) is 35.2. The molecule has 3 rings (SSSR count). The summed E-state index contributed by atoms with van der Waals surface area (Å²) in [5, 5.41) is 22.5. The number of aromatic nitrogens is 1. The second-order valence-electron chi connectivity index (χ2n) is 11.6. The Balaban J connectivity index is 1.88. The van der Waals surface area contributed by atoms with Crippen molar-refractivity contribution >= 4 is 29.4 Å². The van der Waals surface area contributed by atoms with Crippen LogP contribution < -0.4 is 0 Å². The van der Waals surface area contributed by atoms with E-state index < -0.39 is 35.6 Å². The zero-order valence-corrected chi connectivity index (χ0v) is 23.7. The van der Waals surface area contributed by atoms with Crippen LogP contribution in [-0.4, -0.2) is 57.0 Å². The van der Waals surface area contributed by atoms with Crippen molar-refractivity contribution in [3.05, 3.63) is 47.8 Å². The fourth-order valence-corrected chi connectivity index (χ4v) is 5.52. The van der Waals surface area contributed by atoms with Gasteiger partial charge in [-0.05, 0) is 56.7 Å². The van der Waals surface area contributed by atoms with E-state index in [1.807, 2.05) is 19.9 Å². The van der Waals surface area contributed by atoms with Crippen LogP contribution in [-0.2, 0) is 19.1 Å². The van der Waals surface area contributed by atoms with Crippen molar-refractivity contribution in [2.75, 3.05) is 0 Å². The van der Waals surface area contributed by atoms with Gasteiger partial charge in [-0.25, -0.2) is 0 Å². The summed E-state index contributed by atoms with van der Waals surface area (Å²) in [6, 6.07) is 5.44. The van der Waals surface area contributed by atoms with Gasteiger partial charge in [-0.1, -0.05) is 50.9 Å². The number of hydrogen-bond donors (Lipinski definition) is 2. The lowest BCUT2D eigenvalue weighted by Crippen LogP contribution is -2.46. The molecule has 1 aromatic heterocycles. The van der Waals surface area contributed by atoms with Crippen LogP contribution in [0.25, 0.3) is 6.08 Å². The summed E-state index contributed by atoms with van der Waals surface area (Å²) in [6.07, 6.45) is 5.21. The number of allylic oxidation sites excluding steroid dienone is 1. The van der Waals surface area contributed by atoms with Gasteiger partial charge in [0.05, 0.1) is 46.5 Å². The van der Waals surface area contributed by atoms with Crippen LogP contribution >= 0.6 is 11.6 Å². The van der Waals surface area contributed by atoms with Crippen LogP contribution in [0.3, 0.4) is 0 Å². The molecule has 0 saturated carbocycles. The molecule has 0 spiro atoms. The average Bonchev–Trinajstić information content (AvgIpc) is 3.51. The summed E-state index contributed by atoms with van der Waals surface area (Å²) >= 11 is 6.64. The van der Waals surface area contributed by atoms with Crippen LogP contribution in [0.4, 0.5) is 0 Å². The molecule has 0 aromatic carbocycles. The second kappa shape index (κ2) is 12.9. The monoisotopic (exact) mass is 547 g/mol. The minimum Gasteiger partial charge on any atom is -0.456 e. The molecule has 0 radical (unpaired) electrons. The molecular weight excluding hydrogens is 506 g/mol. The smallest absolute Gasteiger partial charge is 0.309 e. The molecule has 0 aliphatic carbocycles. The van der Waals surface area contributed by atoms with E-state index in [9.17, 15) is 19.8 Å². The number of esters is 1. The topological polar surface area (TPSA) is 109 Å². The molecule has 3 heterocycles. The first kappa shape index (κ1) is 30.5. The first-order valence-electron chi connectivity index (χ1n) is 13.6. The Morgan fingerprint density at radius 2 is 2.00 bits per heavy atom. The van der Waals surface area contributed by atoms with Crippen molar-refractivity contribution in [1.29, 1.82) is 0 Å². The number of carbonyl (C=O) groups excluding carboxylic acids is 2. The predicted octanol–water partition coefficient (Wildman–Crippen LogP) is 5.23. The molecule has 0 amide bonds. The third kappa shape index (κ3) is 7.53. The van der Waals surface area contributed by atoms with E-state index in [4.69, 9.17) is 21.1 Å². The zero-order valence-electron chi connectivity index (χ0n) is 22.9. The Hall–Kier alpha value is -2.06. The molecule has 7 nitrogen and oxygen atoms in total. The molecule has 8 heteroatoms. The standard InChI is InChI=1S/C30H42ClNO6/c1-6-7-13-21-27(35)19(2)11-10-14-30(5)25(38-30)17-23(22(31)16-20-12-8-9-15-32-20)37-26(34)18-24(33)29(3,4)28(21)36/h6,8-9,12,15-16,19,21,23-25,27,33,35H,1,7,10-11,13-14,17-18H2,2-5H3/t19-,21+,23-,24-,25?,27+,30?/m0/s1. The molecule has 210 valence electrons. The number of halogens is 1. The number of rotatable bonds is 5. The number of hydrogen-bond acceptors (Lipinski definition) is 7. The number of aliphatic hydroxyl groups is 2. The van der Waals surface area contributed by atoms with E-state index in [0.717, 1.165) is 19.3 Å². The molecule has 0 bridgehead atoms. The fourth-order valence-electron chi connectivity index (χ4n) is 5.27. The molecule has 2 saturated heterocycles. The molecule has 2 aliphatic rings. The number of ether oxygens (including phenoxy) is 2. The maximum atomic E-state index is 13.7. The maximum Gasteiger partial charge on any atom is 0.309 e. The number of Topliss-reactive ketones (excluding diaryl/α,β-unsaturated/α-hetero) is 1. The second-order valence-corrected chi connectivity index (χ2v) is 12.0. The number of pyridine rings is 1. The van der Waals surface area contributed by atoms with Crippen LogP contribution in [0.5, 0.6) is 0 Å². The lowest BCUT2D eigenvalue weighted by molar-refractivity contribution is -0.154. The summed E-state index contributed by atoms with van der Waals surface area (Å²) in [5.74, 6) is -1.74. The van der Waals surface area contributed by atoms with Crippen molar-refractivity contribution < 1.29 is 29.3 Å². The van der Waals surface area contributed by atoms with Gasteiger partial charge >= 0.3 is 5.97 Å². The summed E-state index contributed by atoms with van der Waals surface area (Å²) in [5.41, 5.74) is -1.03. The van der Waals surface area contributed by atoms with Crippen LogP contribution in [0.2, 0.25) is 0 Å². The molecule has 2 aliphatic heterocycles. The van der Waals surface area contributed by atoms with Gasteiger partial charge in [-0.2, -0.15) is 0 Å². The Labute approximate surface area is 231 Å². The quantitative estimate of drug-likeness (QED) is 0.295. The minimum absolute atomic E-state index is 0.121. The minimum atomic E-state index is -1.30. The number of fused-ring (bicyclic) bond motifs is 1. The van der Waals surface area contributed by atoms with Crippen LogP contribution in [0, 0.1) is 17.3 Å². The van der Waals surface area contributed by atoms with Gasteiger partial charge in [0, 0.05) is 18.5 Å². The largest absolute Gasteiger partial charge is 0.456 e. The van der Waals surface area contributed by atoms with E-state index in [0.29, 0.717) is 30.0 Å². The van der Waals surface area contributed by atoms with Gasteiger partial charge in [0.2, 0.25) is 0 Å². The lowest BCUT2D eigenvalue weighted by Gasteiger charge is -2.36. The Bertz CT molecular complexity index is 1010. The Morgan fingerprint density at radius 1 is 1.26 bits per heavy atom. The highest BCUT2D eigenvalue weighted by Gasteiger charge is 2.53. The lowest BCUT2D eigenvalue weighted by atomic mass is 9.71. The van der Waals surface area contributed by atoms with Gasteiger partial charge < -0.3 is 19.7 Å². The van der Waals surface area contributed by atoms with Crippen molar-refractivity contribution in [2.24, 2.45) is 17.3 Å². The van der Waals surface area contributed by atoms with Crippen molar-refractivity contribution in [3.63, 3.8) is 0 Å². The zero-order chi connectivity index (χ0) is 28.1. The van der Waals surface area contributed by atoms with Gasteiger partial charge in [0.25, 0.3) is 0 Å². The Morgan fingerprint density at radius 3 is 2.66 bits per heavy atom. The van der Waals surface area contributed by atoms with Gasteiger partial charge in [-0.3, -0.25) is 14.6 Å². The SMILES string of the molecule is C=CCC[C@H]1C(=O)C(C)(C)[C@@H](O)CC(=O)O[C@H](C(Cl)=Cc2ccccn2)CC2OC2(C)CCC[C@H](C)[C@H]1O. The van der Waals surface area contributed by atoms with Gasteiger partial charge in [-0.15, -0.1) is 6.58 Å². The van der Waals surface area contributed by atoms with E-state index in [-0.39, 0.29) is 29.8 Å². The third-order valence-electron chi connectivity index (χ3n) is 8.19. The number of cyclic esters (lactones) is 1. The first-order chi connectivity index (χ1) is 17.9. The Kier molecular flexibility index (Phi) is 10.3. The van der Waals surface area contributed by atoms with E-state index in [1.165, 1.54) is 0 Å². The van der Waals surface area contributed by atoms with Gasteiger partial charge in [0.1, 0.15) is 11.9 Å². The van der Waals surface area contributed by atoms with Gasteiger partial charge in [0.15, 0.2) is 0 Å². The number of epoxide rings is 1. The van der Waals surface area contributed by atoms with E-state index in [2.05, 4.69) is 11.6 Å². The third-order valence-corrected chi connectivity index (χ3v) is 8.55. The highest BCUT2D eigenvalue weighted by molar-refractivity contribution is 6.32. The molecule has 2 unspecified atom stereocenters. The maximum absolute atomic E-state index is 13.7. The first-order valence-corrected chi connectivity index (χ1v) is 13.9. The fraction of sp³-hybridized carbons (Fsp3) is 0.633. The molecule has 1 aromatic rings. The molecule has 7 atom stereocenters. The van der Waals surface area contributed by atoms with E-state index in [1.54, 1.807) is 44.3 Å². The molecule has 2 N–H and O–H groups in total.